The molecular weight excluding hydrogens is 687 g/mol. The standard InChI is InChI=1S/C52H33NOS/c1-3-15-34(16-4-1)37-31-32-46(40-20-8-7-19-39(37)40)53(47-25-14-28-50-51(47)44-22-10-12-27-49(44)55-50)36-29-30-38(35-17-5-2-6-18-35)45(33-36)43-24-13-23-42-41-21-9-11-26-48(41)54-52(42)43/h1-33H. The summed E-state index contributed by atoms with van der Waals surface area (Å²) in [6, 6.07) is 72.2. The molecule has 0 N–H and O–H groups in total. The highest BCUT2D eigenvalue weighted by molar-refractivity contribution is 7.26. The van der Waals surface area contributed by atoms with Crippen LogP contribution in [0.15, 0.2) is 205 Å². The number of rotatable bonds is 6. The first kappa shape index (κ1) is 31.6. The molecule has 11 rings (SSSR count). The Balaban J connectivity index is 1.23. The van der Waals surface area contributed by atoms with Crippen LogP contribution in [0.3, 0.4) is 0 Å². The summed E-state index contributed by atoms with van der Waals surface area (Å²) >= 11 is 1.85. The smallest absolute Gasteiger partial charge is 0.143 e. The van der Waals surface area contributed by atoms with Crippen LogP contribution in [-0.2, 0) is 0 Å². The Labute approximate surface area is 322 Å². The predicted octanol–water partition coefficient (Wildman–Crippen LogP) is 15.6. The molecule has 11 aromatic rings. The summed E-state index contributed by atoms with van der Waals surface area (Å²) in [5.41, 5.74) is 12.1. The zero-order valence-corrected chi connectivity index (χ0v) is 30.6. The first-order valence-corrected chi connectivity index (χ1v) is 19.5. The molecule has 0 spiro atoms. The number of furan rings is 1. The van der Waals surface area contributed by atoms with Gasteiger partial charge in [0.15, 0.2) is 0 Å². The van der Waals surface area contributed by atoms with Crippen molar-refractivity contribution < 1.29 is 4.42 Å². The van der Waals surface area contributed by atoms with Gasteiger partial charge in [-0.1, -0.05) is 158 Å². The number of anilines is 3. The van der Waals surface area contributed by atoms with Crippen LogP contribution >= 0.6 is 11.3 Å². The number of nitrogens with zero attached hydrogens (tertiary/aromatic N) is 1. The van der Waals surface area contributed by atoms with Crippen molar-refractivity contribution in [3.05, 3.63) is 200 Å². The summed E-state index contributed by atoms with van der Waals surface area (Å²) in [4.78, 5) is 2.48. The van der Waals surface area contributed by atoms with Crippen molar-refractivity contribution in [1.29, 1.82) is 0 Å². The molecule has 0 atom stereocenters. The van der Waals surface area contributed by atoms with Crippen molar-refractivity contribution in [2.24, 2.45) is 0 Å². The lowest BCUT2D eigenvalue weighted by Gasteiger charge is -2.29. The Kier molecular flexibility index (Phi) is 7.39. The maximum atomic E-state index is 6.69. The normalized spacial score (nSPS) is 11.6. The largest absolute Gasteiger partial charge is 0.455 e. The summed E-state index contributed by atoms with van der Waals surface area (Å²) in [6.45, 7) is 0. The average Bonchev–Trinajstić information content (AvgIpc) is 3.84. The molecule has 0 radical (unpaired) electrons. The number of benzene rings is 9. The predicted molar refractivity (Wildman–Crippen MR) is 235 cm³/mol. The quantitative estimate of drug-likeness (QED) is 0.170. The Bertz CT molecular complexity index is 3210. The van der Waals surface area contributed by atoms with E-state index >= 15 is 0 Å². The van der Waals surface area contributed by atoms with Gasteiger partial charge in [0.05, 0.1) is 11.4 Å². The number of hydrogen-bond acceptors (Lipinski definition) is 3. The van der Waals surface area contributed by atoms with E-state index in [-0.39, 0.29) is 0 Å². The second kappa shape index (κ2) is 12.9. The average molecular weight is 720 g/mol. The fraction of sp³-hybridized carbons (Fsp3) is 0. The lowest BCUT2D eigenvalue weighted by atomic mass is 9.92. The fourth-order valence-corrected chi connectivity index (χ4v) is 9.55. The maximum absolute atomic E-state index is 6.69. The molecule has 55 heavy (non-hydrogen) atoms. The van der Waals surface area contributed by atoms with E-state index in [0.29, 0.717) is 0 Å². The molecule has 0 amide bonds. The SMILES string of the molecule is c1ccc(-c2ccc(N(c3ccc(-c4ccccc4)c4ccccc34)c3cccc4sc5ccccc5c34)cc2-c2cccc3c2oc2ccccc23)cc1. The minimum absolute atomic E-state index is 0.894. The summed E-state index contributed by atoms with van der Waals surface area (Å²) in [5.74, 6) is 0. The van der Waals surface area contributed by atoms with E-state index in [1.807, 2.05) is 17.4 Å². The van der Waals surface area contributed by atoms with Crippen LogP contribution in [0.4, 0.5) is 17.1 Å². The number of hydrogen-bond donors (Lipinski definition) is 0. The van der Waals surface area contributed by atoms with Gasteiger partial charge in [0.1, 0.15) is 11.2 Å². The molecule has 258 valence electrons. The summed E-state index contributed by atoms with van der Waals surface area (Å²) in [7, 11) is 0. The Morgan fingerprint density at radius 3 is 1.80 bits per heavy atom. The van der Waals surface area contributed by atoms with Gasteiger partial charge in [0.25, 0.3) is 0 Å². The molecule has 2 nitrogen and oxygen atoms in total. The highest BCUT2D eigenvalue weighted by atomic mass is 32.1. The minimum Gasteiger partial charge on any atom is -0.455 e. The van der Waals surface area contributed by atoms with Gasteiger partial charge < -0.3 is 9.32 Å². The monoisotopic (exact) mass is 719 g/mol. The molecule has 3 heteroatoms. The molecule has 2 aromatic heterocycles. The van der Waals surface area contributed by atoms with Crippen LogP contribution in [0, 0.1) is 0 Å². The molecule has 0 aliphatic rings. The Hall–Kier alpha value is -6.94. The van der Waals surface area contributed by atoms with Crippen LogP contribution < -0.4 is 4.90 Å². The first-order chi connectivity index (χ1) is 27.3. The topological polar surface area (TPSA) is 16.4 Å². The lowest BCUT2D eigenvalue weighted by Crippen LogP contribution is -2.11. The zero-order valence-electron chi connectivity index (χ0n) is 29.8. The van der Waals surface area contributed by atoms with Crippen molar-refractivity contribution in [3.8, 4) is 33.4 Å². The van der Waals surface area contributed by atoms with E-state index in [9.17, 15) is 0 Å². The molecule has 0 aliphatic heterocycles. The van der Waals surface area contributed by atoms with E-state index in [1.165, 1.54) is 42.1 Å². The molecule has 2 heterocycles. The van der Waals surface area contributed by atoms with E-state index in [2.05, 4.69) is 199 Å². The van der Waals surface area contributed by atoms with Crippen molar-refractivity contribution in [2.75, 3.05) is 4.90 Å². The second-order valence-corrected chi connectivity index (χ2v) is 15.1. The van der Waals surface area contributed by atoms with E-state index in [4.69, 9.17) is 4.42 Å². The van der Waals surface area contributed by atoms with Crippen LogP contribution in [0.5, 0.6) is 0 Å². The van der Waals surface area contributed by atoms with Gasteiger partial charge >= 0.3 is 0 Å². The first-order valence-electron chi connectivity index (χ1n) is 18.7. The molecule has 0 unspecified atom stereocenters. The Morgan fingerprint density at radius 1 is 0.364 bits per heavy atom. The zero-order chi connectivity index (χ0) is 36.3. The van der Waals surface area contributed by atoms with Gasteiger partial charge in [-0.25, -0.2) is 0 Å². The van der Waals surface area contributed by atoms with Crippen LogP contribution in [0.25, 0.3) is 86.3 Å². The van der Waals surface area contributed by atoms with E-state index in [0.717, 1.165) is 61.3 Å². The Morgan fingerprint density at radius 2 is 0.982 bits per heavy atom. The molecule has 0 saturated heterocycles. The number of para-hydroxylation sites is 2. The highest BCUT2D eigenvalue weighted by Crippen LogP contribution is 2.49. The summed E-state index contributed by atoms with van der Waals surface area (Å²) in [6.07, 6.45) is 0. The fourth-order valence-electron chi connectivity index (χ4n) is 8.42. The van der Waals surface area contributed by atoms with Gasteiger partial charge in [0.2, 0.25) is 0 Å². The molecular formula is C52H33NOS. The third-order valence-corrected chi connectivity index (χ3v) is 12.0. The number of fused-ring (bicyclic) bond motifs is 7. The molecule has 0 saturated carbocycles. The maximum Gasteiger partial charge on any atom is 0.143 e. The van der Waals surface area contributed by atoms with Crippen molar-refractivity contribution in [1.82, 2.24) is 0 Å². The molecule has 9 aromatic carbocycles. The minimum atomic E-state index is 0.894. The van der Waals surface area contributed by atoms with Crippen molar-refractivity contribution >= 4 is 81.3 Å². The second-order valence-electron chi connectivity index (χ2n) is 14.0. The number of thiophene rings is 1. The third kappa shape index (κ3) is 5.16. The molecule has 0 fully saturated rings. The summed E-state index contributed by atoms with van der Waals surface area (Å²) < 4.78 is 9.24. The van der Waals surface area contributed by atoms with Gasteiger partial charge in [-0.15, -0.1) is 11.3 Å². The van der Waals surface area contributed by atoms with E-state index in [1.54, 1.807) is 0 Å². The van der Waals surface area contributed by atoms with Crippen molar-refractivity contribution in [2.45, 2.75) is 0 Å². The van der Waals surface area contributed by atoms with Gasteiger partial charge in [-0.05, 0) is 75.7 Å². The van der Waals surface area contributed by atoms with Gasteiger partial charge in [-0.2, -0.15) is 0 Å². The highest BCUT2D eigenvalue weighted by Gasteiger charge is 2.23. The van der Waals surface area contributed by atoms with Crippen molar-refractivity contribution in [3.63, 3.8) is 0 Å². The molecule has 0 aliphatic carbocycles. The third-order valence-electron chi connectivity index (χ3n) is 10.9. The lowest BCUT2D eigenvalue weighted by molar-refractivity contribution is 0.670. The summed E-state index contributed by atoms with van der Waals surface area (Å²) in [5, 5.41) is 7.17. The van der Waals surface area contributed by atoms with Crippen LogP contribution in [0.1, 0.15) is 0 Å². The van der Waals surface area contributed by atoms with Gasteiger partial charge in [-0.3, -0.25) is 0 Å². The van der Waals surface area contributed by atoms with E-state index < -0.39 is 0 Å². The van der Waals surface area contributed by atoms with Crippen LogP contribution in [0.2, 0.25) is 0 Å². The van der Waals surface area contributed by atoms with Gasteiger partial charge in [0, 0.05) is 47.6 Å². The van der Waals surface area contributed by atoms with Crippen LogP contribution in [-0.4, -0.2) is 0 Å². The molecule has 0 bridgehead atoms.